The second kappa shape index (κ2) is 13.0. The summed E-state index contributed by atoms with van der Waals surface area (Å²) in [6.07, 6.45) is -1.98. The second-order valence-corrected chi connectivity index (χ2v) is 13.0. The summed E-state index contributed by atoms with van der Waals surface area (Å²) in [7, 11) is -3.97. The van der Waals surface area contributed by atoms with Crippen molar-refractivity contribution < 1.29 is 33.4 Å². The fourth-order valence-electron chi connectivity index (χ4n) is 3.70. The molecule has 3 rings (SSSR count). The summed E-state index contributed by atoms with van der Waals surface area (Å²) >= 11 is 1.09. The van der Waals surface area contributed by atoms with Crippen LogP contribution < -0.4 is 16.5 Å². The largest absolute Gasteiger partial charge is 0.405 e. The van der Waals surface area contributed by atoms with Gasteiger partial charge in [0.25, 0.3) is 0 Å². The smallest absolute Gasteiger partial charge is 0.387 e. The molecule has 1 aromatic carbocycles. The zero-order valence-corrected chi connectivity index (χ0v) is 24.2. The van der Waals surface area contributed by atoms with E-state index in [-0.39, 0.29) is 29.8 Å². The van der Waals surface area contributed by atoms with Gasteiger partial charge in [-0.1, -0.05) is 62.9 Å². The maximum atomic E-state index is 13.6. The number of benzene rings is 1. The van der Waals surface area contributed by atoms with E-state index in [0.29, 0.717) is 6.42 Å². The van der Waals surface area contributed by atoms with E-state index in [2.05, 4.69) is 10.1 Å². The third-order valence-corrected chi connectivity index (χ3v) is 9.34. The number of rotatable bonds is 13. The third kappa shape index (κ3) is 7.99. The number of anilines is 1. The molecule has 5 atom stereocenters. The lowest BCUT2D eigenvalue weighted by molar-refractivity contribution is -0.118. The lowest BCUT2D eigenvalue weighted by Crippen LogP contribution is -2.46. The minimum Gasteiger partial charge on any atom is -0.387 e. The molecule has 0 amide bonds. The molecule has 12 nitrogen and oxygen atoms in total. The first-order valence-electron chi connectivity index (χ1n) is 12.5. The molecule has 2 aromatic rings. The Bertz CT molecular complexity index is 1230. The van der Waals surface area contributed by atoms with E-state index < -0.39 is 49.5 Å². The Labute approximate surface area is 231 Å². The molecular formula is C25H37N4O8PS. The zero-order valence-electron chi connectivity index (χ0n) is 22.5. The van der Waals surface area contributed by atoms with Crippen molar-refractivity contribution in [3.63, 3.8) is 0 Å². The molecule has 1 saturated heterocycles. The van der Waals surface area contributed by atoms with E-state index in [4.69, 9.17) is 19.5 Å². The molecule has 216 valence electrons. The Balaban J connectivity index is 1.68. The van der Waals surface area contributed by atoms with Gasteiger partial charge in [-0.15, -0.1) is 0 Å². The molecule has 1 fully saturated rings. The zero-order chi connectivity index (χ0) is 28.8. The van der Waals surface area contributed by atoms with Crippen molar-refractivity contribution in [2.45, 2.75) is 64.7 Å². The lowest BCUT2D eigenvalue weighted by Gasteiger charge is -2.27. The molecule has 2 heterocycles. The van der Waals surface area contributed by atoms with Crippen LogP contribution in [0.25, 0.3) is 0 Å². The van der Waals surface area contributed by atoms with Gasteiger partial charge in [-0.25, -0.2) is 14.4 Å². The van der Waals surface area contributed by atoms with Crippen LogP contribution in [0.15, 0.2) is 47.4 Å². The number of aliphatic hydroxyl groups is 2. The van der Waals surface area contributed by atoms with Gasteiger partial charge in [-0.2, -0.15) is 4.98 Å². The average Bonchev–Trinajstić information content (AvgIpc) is 3.13. The highest BCUT2D eigenvalue weighted by molar-refractivity contribution is 8.13. The number of hydrogen-bond acceptors (Lipinski definition) is 11. The summed E-state index contributed by atoms with van der Waals surface area (Å²) in [4.78, 5) is 28.3. The van der Waals surface area contributed by atoms with Crippen molar-refractivity contribution in [3.8, 4) is 0 Å². The minimum atomic E-state index is -3.97. The molecule has 0 bridgehead atoms. The molecule has 39 heavy (non-hydrogen) atoms. The minimum absolute atomic E-state index is 0.00440. The van der Waals surface area contributed by atoms with Gasteiger partial charge in [0, 0.05) is 23.9 Å². The van der Waals surface area contributed by atoms with Crippen LogP contribution in [0.5, 0.6) is 0 Å². The second-order valence-electron chi connectivity index (χ2n) is 10.1. The Morgan fingerprint density at radius 2 is 2.00 bits per heavy atom. The summed E-state index contributed by atoms with van der Waals surface area (Å²) in [5.41, 5.74) is 3.21. The molecule has 0 saturated carbocycles. The number of thioether (sulfide) groups is 1. The summed E-state index contributed by atoms with van der Waals surface area (Å²) in [6.45, 7) is 6.65. The van der Waals surface area contributed by atoms with Crippen LogP contribution in [0.1, 0.15) is 45.9 Å². The fraction of sp³-hybridized carbons (Fsp3) is 0.560. The molecule has 1 unspecified atom stereocenters. The monoisotopic (exact) mass is 584 g/mol. The van der Waals surface area contributed by atoms with Gasteiger partial charge in [-0.3, -0.25) is 18.4 Å². The summed E-state index contributed by atoms with van der Waals surface area (Å²) in [5, 5.41) is 24.5. The first kappa shape index (κ1) is 31.4. The van der Waals surface area contributed by atoms with Crippen LogP contribution in [0, 0.1) is 5.41 Å². The Hall–Kier alpha value is -2.09. The van der Waals surface area contributed by atoms with Crippen molar-refractivity contribution in [2.24, 2.45) is 5.41 Å². The molecule has 0 aliphatic carbocycles. The van der Waals surface area contributed by atoms with Gasteiger partial charge in [0.15, 0.2) is 11.3 Å². The molecule has 0 radical (unpaired) electrons. The van der Waals surface area contributed by atoms with E-state index in [1.165, 1.54) is 19.2 Å². The SMILES string of the molecule is CCC(C)(C)C(=O)SCCOP(=O)(NCc1ccccc1)OC[C@H]1O[C@@H](n2ccc(N)nc2=O)[C@](C)(O)[C@@H]1O. The van der Waals surface area contributed by atoms with Crippen LogP contribution in [0.2, 0.25) is 0 Å². The lowest BCUT2D eigenvalue weighted by atomic mass is 9.92. The number of hydrogen-bond donors (Lipinski definition) is 4. The maximum absolute atomic E-state index is 13.6. The van der Waals surface area contributed by atoms with Crippen LogP contribution in [-0.4, -0.2) is 61.7 Å². The quantitative estimate of drug-likeness (QED) is 0.200. The van der Waals surface area contributed by atoms with E-state index in [1.54, 1.807) is 0 Å². The molecule has 5 N–H and O–H groups in total. The van der Waals surface area contributed by atoms with Gasteiger partial charge >= 0.3 is 13.4 Å². The highest BCUT2D eigenvalue weighted by Crippen LogP contribution is 2.46. The van der Waals surface area contributed by atoms with Crippen LogP contribution in [-0.2, 0) is 29.7 Å². The topological polar surface area (TPSA) is 175 Å². The molecule has 1 aromatic heterocycles. The summed E-state index contributed by atoms with van der Waals surface area (Å²) < 4.78 is 31.6. The summed E-state index contributed by atoms with van der Waals surface area (Å²) in [5.74, 6) is 0.254. The van der Waals surface area contributed by atoms with E-state index in [1.807, 2.05) is 51.1 Å². The molecule has 14 heteroatoms. The molecular weight excluding hydrogens is 547 g/mol. The number of carbonyl (C=O) groups is 1. The number of ether oxygens (including phenoxy) is 1. The molecule has 0 spiro atoms. The van der Waals surface area contributed by atoms with E-state index in [0.717, 1.165) is 21.9 Å². The Morgan fingerprint density at radius 3 is 2.64 bits per heavy atom. The van der Waals surface area contributed by atoms with Crippen LogP contribution >= 0.6 is 19.5 Å². The number of nitrogens with one attached hydrogen (secondary N) is 1. The number of nitrogen functional groups attached to an aromatic ring is 1. The van der Waals surface area contributed by atoms with Gasteiger partial charge in [0.1, 0.15) is 23.6 Å². The number of aliphatic hydroxyl groups excluding tert-OH is 1. The fourth-order valence-corrected chi connectivity index (χ4v) is 6.02. The number of aromatic nitrogens is 2. The molecule has 1 aliphatic heterocycles. The number of nitrogens with two attached hydrogens (primary N) is 1. The third-order valence-electron chi connectivity index (χ3n) is 6.60. The van der Waals surface area contributed by atoms with Crippen LogP contribution in [0.4, 0.5) is 5.82 Å². The standard InChI is InChI=1S/C25H37N4O8PS/c1-5-24(2,3)22(31)39-14-13-35-38(34,27-15-17-9-7-6-8-10-17)36-16-18-20(30)25(4,33)21(37-18)29-12-11-19(26)28-23(29)32/h6-12,18,20-21,30,33H,5,13-16H2,1-4H3,(H,27,34)(H2,26,28,32)/t18-,20-,21-,25-,38?/m1/s1. The molecule has 1 aliphatic rings. The predicted molar refractivity (Wildman–Crippen MR) is 148 cm³/mol. The number of nitrogens with zero attached hydrogens (tertiary/aromatic N) is 2. The Kier molecular flexibility index (Phi) is 10.5. The van der Waals surface area contributed by atoms with E-state index >= 15 is 0 Å². The van der Waals surface area contributed by atoms with Crippen molar-refractivity contribution in [1.82, 2.24) is 14.6 Å². The highest BCUT2D eigenvalue weighted by Gasteiger charge is 2.54. The maximum Gasteiger partial charge on any atom is 0.405 e. The Morgan fingerprint density at radius 1 is 1.31 bits per heavy atom. The summed E-state index contributed by atoms with van der Waals surface area (Å²) in [6, 6.07) is 10.5. The van der Waals surface area contributed by atoms with Crippen molar-refractivity contribution >= 4 is 30.4 Å². The van der Waals surface area contributed by atoms with Gasteiger partial charge in [0.2, 0.25) is 0 Å². The first-order chi connectivity index (χ1) is 18.3. The van der Waals surface area contributed by atoms with Crippen molar-refractivity contribution in [3.05, 3.63) is 58.6 Å². The van der Waals surface area contributed by atoms with E-state index in [9.17, 15) is 24.4 Å². The van der Waals surface area contributed by atoms with Crippen molar-refractivity contribution in [2.75, 3.05) is 24.7 Å². The highest BCUT2D eigenvalue weighted by atomic mass is 32.2. The predicted octanol–water partition coefficient (Wildman–Crippen LogP) is 2.46. The normalized spacial score (nSPS) is 24.9. The average molecular weight is 585 g/mol. The van der Waals surface area contributed by atoms with Gasteiger partial charge in [0.05, 0.1) is 13.2 Å². The first-order valence-corrected chi connectivity index (χ1v) is 15.1. The van der Waals surface area contributed by atoms with Crippen LogP contribution in [0.3, 0.4) is 0 Å². The number of carbonyl (C=O) groups excluding carboxylic acids is 1. The van der Waals surface area contributed by atoms with Gasteiger partial charge < -0.3 is 20.7 Å². The van der Waals surface area contributed by atoms with Gasteiger partial charge in [-0.05, 0) is 25.0 Å². The van der Waals surface area contributed by atoms with Crippen molar-refractivity contribution in [1.29, 1.82) is 0 Å².